The molecule has 0 radical (unpaired) electrons. The Morgan fingerprint density at radius 1 is 1.21 bits per heavy atom. The quantitative estimate of drug-likeness (QED) is 0.855. The van der Waals surface area contributed by atoms with Crippen molar-refractivity contribution in [2.24, 2.45) is 0 Å². The number of rotatable bonds is 6. The van der Waals surface area contributed by atoms with Gasteiger partial charge in [-0.15, -0.1) is 0 Å². The molecule has 1 aromatic carbocycles. The number of hydrogen-bond donors (Lipinski definition) is 1. The van der Waals surface area contributed by atoms with Crippen LogP contribution in [-0.2, 0) is 14.8 Å². The van der Waals surface area contributed by atoms with E-state index in [-0.39, 0.29) is 29.4 Å². The van der Waals surface area contributed by atoms with Crippen LogP contribution >= 0.6 is 0 Å². The molecule has 1 heterocycles. The van der Waals surface area contributed by atoms with Crippen molar-refractivity contribution in [3.63, 3.8) is 0 Å². The zero-order valence-electron chi connectivity index (χ0n) is 14.0. The second-order valence-electron chi connectivity index (χ2n) is 5.50. The highest BCUT2D eigenvalue weighted by molar-refractivity contribution is 7.90. The van der Waals surface area contributed by atoms with Crippen LogP contribution in [0.15, 0.2) is 27.6 Å². The second-order valence-corrected chi connectivity index (χ2v) is 7.12. The number of hydrogen-bond acceptors (Lipinski definition) is 6. The molecular weight excluding hydrogens is 332 g/mol. The zero-order chi connectivity index (χ0) is 17.9. The second kappa shape index (κ2) is 7.04. The maximum absolute atomic E-state index is 12.2. The van der Waals surface area contributed by atoms with Crippen molar-refractivity contribution in [2.75, 3.05) is 6.61 Å². The van der Waals surface area contributed by atoms with Gasteiger partial charge in [0.2, 0.25) is 5.91 Å². The number of nitrogens with one attached hydrogen (secondary N) is 1. The lowest BCUT2D eigenvalue weighted by Gasteiger charge is -2.12. The zero-order valence-corrected chi connectivity index (χ0v) is 14.9. The van der Waals surface area contributed by atoms with Crippen molar-refractivity contribution in [3.05, 3.63) is 40.8 Å². The third-order valence-electron chi connectivity index (χ3n) is 3.47. The Morgan fingerprint density at radius 3 is 2.38 bits per heavy atom. The fourth-order valence-electron chi connectivity index (χ4n) is 2.38. The predicted molar refractivity (Wildman–Crippen MR) is 87.3 cm³/mol. The number of ether oxygens (including phenoxy) is 1. The molecule has 0 saturated carbocycles. The topological polar surface area (TPSA) is 98.5 Å². The summed E-state index contributed by atoms with van der Waals surface area (Å²) in [6.07, 6.45) is -0.0869. The first-order chi connectivity index (χ1) is 11.2. The van der Waals surface area contributed by atoms with Crippen LogP contribution in [0, 0.1) is 27.7 Å². The van der Waals surface area contributed by atoms with Gasteiger partial charge in [0.05, 0.1) is 13.0 Å². The SMILES string of the molecule is Cc1cccc(C)c1OCCC(=O)NS(=O)(=O)c1c(C)noc1C. The fourth-order valence-corrected chi connectivity index (χ4v) is 3.73. The van der Waals surface area contributed by atoms with Crippen molar-refractivity contribution in [1.29, 1.82) is 0 Å². The van der Waals surface area contributed by atoms with E-state index in [0.717, 1.165) is 11.1 Å². The third kappa shape index (κ3) is 3.94. The summed E-state index contributed by atoms with van der Waals surface area (Å²) in [6, 6.07) is 5.73. The minimum absolute atomic E-state index is 0.0780. The first kappa shape index (κ1) is 18.0. The Labute approximate surface area is 141 Å². The molecule has 0 aliphatic heterocycles. The summed E-state index contributed by atoms with van der Waals surface area (Å²) in [4.78, 5) is 11.8. The molecule has 1 amide bonds. The van der Waals surface area contributed by atoms with Gasteiger partial charge >= 0.3 is 0 Å². The van der Waals surface area contributed by atoms with Gasteiger partial charge < -0.3 is 9.26 Å². The summed E-state index contributed by atoms with van der Waals surface area (Å²) >= 11 is 0. The van der Waals surface area contributed by atoms with Gasteiger partial charge in [-0.05, 0) is 38.8 Å². The molecule has 0 spiro atoms. The van der Waals surface area contributed by atoms with E-state index < -0.39 is 15.9 Å². The van der Waals surface area contributed by atoms with Gasteiger partial charge in [0, 0.05) is 0 Å². The number of aryl methyl sites for hydroxylation is 4. The van der Waals surface area contributed by atoms with Crippen LogP contribution in [0.4, 0.5) is 0 Å². The molecule has 1 aromatic heterocycles. The summed E-state index contributed by atoms with van der Waals surface area (Å²) in [7, 11) is -4.00. The van der Waals surface area contributed by atoms with Crippen LogP contribution in [0.2, 0.25) is 0 Å². The number of carbonyl (C=O) groups is 1. The Kier molecular flexibility index (Phi) is 5.28. The number of para-hydroxylation sites is 1. The number of carbonyl (C=O) groups excluding carboxylic acids is 1. The van der Waals surface area contributed by atoms with Crippen LogP contribution in [0.25, 0.3) is 0 Å². The van der Waals surface area contributed by atoms with Gasteiger partial charge in [0.25, 0.3) is 10.0 Å². The van der Waals surface area contributed by atoms with Crippen LogP contribution < -0.4 is 9.46 Å². The maximum atomic E-state index is 12.2. The smallest absolute Gasteiger partial charge is 0.269 e. The molecule has 0 atom stereocenters. The lowest BCUT2D eigenvalue weighted by atomic mass is 10.1. The minimum Gasteiger partial charge on any atom is -0.493 e. The largest absolute Gasteiger partial charge is 0.493 e. The van der Waals surface area contributed by atoms with E-state index in [9.17, 15) is 13.2 Å². The molecule has 0 aliphatic rings. The molecule has 0 saturated heterocycles. The van der Waals surface area contributed by atoms with Crippen LogP contribution in [-0.4, -0.2) is 26.1 Å². The summed E-state index contributed by atoms with van der Waals surface area (Å²) in [5.41, 5.74) is 2.12. The van der Waals surface area contributed by atoms with Crippen molar-refractivity contribution >= 4 is 15.9 Å². The Bertz CT molecular complexity index is 816. The number of nitrogens with zero attached hydrogens (tertiary/aromatic N) is 1. The van der Waals surface area contributed by atoms with Gasteiger partial charge in [-0.25, -0.2) is 13.1 Å². The van der Waals surface area contributed by atoms with Crippen molar-refractivity contribution in [3.8, 4) is 5.75 Å². The number of amides is 1. The van der Waals surface area contributed by atoms with Crippen molar-refractivity contribution < 1.29 is 22.5 Å². The lowest BCUT2D eigenvalue weighted by Crippen LogP contribution is -2.32. The van der Waals surface area contributed by atoms with Gasteiger partial charge in [-0.1, -0.05) is 23.4 Å². The van der Waals surface area contributed by atoms with E-state index in [0.29, 0.717) is 5.75 Å². The molecule has 0 bridgehead atoms. The summed E-state index contributed by atoms with van der Waals surface area (Å²) in [5, 5.41) is 3.58. The number of sulfonamides is 1. The molecule has 7 nitrogen and oxygen atoms in total. The molecule has 24 heavy (non-hydrogen) atoms. The molecular formula is C16H20N2O5S. The van der Waals surface area contributed by atoms with Gasteiger partial charge in [-0.2, -0.15) is 0 Å². The summed E-state index contributed by atoms with van der Waals surface area (Å²) < 4.78 is 36.9. The average Bonchev–Trinajstić information content (AvgIpc) is 2.81. The first-order valence-corrected chi connectivity index (χ1v) is 8.88. The normalized spacial score (nSPS) is 11.3. The van der Waals surface area contributed by atoms with Crippen LogP contribution in [0.3, 0.4) is 0 Å². The van der Waals surface area contributed by atoms with E-state index in [4.69, 9.17) is 9.26 Å². The lowest BCUT2D eigenvalue weighted by molar-refractivity contribution is -0.119. The van der Waals surface area contributed by atoms with E-state index in [1.54, 1.807) is 0 Å². The molecule has 0 aliphatic carbocycles. The molecule has 130 valence electrons. The van der Waals surface area contributed by atoms with E-state index >= 15 is 0 Å². The maximum Gasteiger partial charge on any atom is 0.269 e. The Morgan fingerprint density at radius 2 is 1.83 bits per heavy atom. The van der Waals surface area contributed by atoms with Crippen molar-refractivity contribution in [2.45, 2.75) is 39.0 Å². The average molecular weight is 352 g/mol. The predicted octanol–water partition coefficient (Wildman–Crippen LogP) is 2.18. The summed E-state index contributed by atoms with van der Waals surface area (Å²) in [6.45, 7) is 6.87. The highest BCUT2D eigenvalue weighted by Gasteiger charge is 2.26. The first-order valence-electron chi connectivity index (χ1n) is 7.40. The standard InChI is InChI=1S/C16H20N2O5S/c1-10-6-5-7-11(2)15(10)22-9-8-14(19)18-24(20,21)16-12(3)17-23-13(16)4/h5-7H,8-9H2,1-4H3,(H,18,19). The Hall–Kier alpha value is -2.35. The molecule has 0 fully saturated rings. The molecule has 1 N–H and O–H groups in total. The molecule has 2 aromatic rings. The highest BCUT2D eigenvalue weighted by Crippen LogP contribution is 2.22. The van der Waals surface area contributed by atoms with Crippen LogP contribution in [0.1, 0.15) is 29.0 Å². The van der Waals surface area contributed by atoms with Gasteiger partial charge in [0.1, 0.15) is 11.4 Å². The fraction of sp³-hybridized carbons (Fsp3) is 0.375. The van der Waals surface area contributed by atoms with Gasteiger partial charge in [0.15, 0.2) is 10.7 Å². The minimum atomic E-state index is -4.00. The van der Waals surface area contributed by atoms with Crippen molar-refractivity contribution in [1.82, 2.24) is 9.88 Å². The van der Waals surface area contributed by atoms with Crippen LogP contribution in [0.5, 0.6) is 5.75 Å². The third-order valence-corrected chi connectivity index (χ3v) is 5.09. The summed E-state index contributed by atoms with van der Waals surface area (Å²) in [5.74, 6) is 0.194. The highest BCUT2D eigenvalue weighted by atomic mass is 32.2. The number of aromatic nitrogens is 1. The Balaban J connectivity index is 1.97. The van der Waals surface area contributed by atoms with E-state index in [1.807, 2.05) is 36.8 Å². The molecule has 8 heteroatoms. The van der Waals surface area contributed by atoms with E-state index in [1.165, 1.54) is 13.8 Å². The van der Waals surface area contributed by atoms with Gasteiger partial charge in [-0.3, -0.25) is 4.79 Å². The monoisotopic (exact) mass is 352 g/mol. The number of benzene rings is 1. The molecule has 2 rings (SSSR count). The van der Waals surface area contributed by atoms with E-state index in [2.05, 4.69) is 5.16 Å². The molecule has 0 unspecified atom stereocenters.